The molecular weight excluding hydrogens is 654 g/mol. The topological polar surface area (TPSA) is 181 Å². The maximum atomic E-state index is 13.8. The van der Waals surface area contributed by atoms with Crippen LogP contribution in [0, 0.1) is 5.92 Å². The summed E-state index contributed by atoms with van der Waals surface area (Å²) in [6.07, 6.45) is 2.32. The zero-order valence-corrected chi connectivity index (χ0v) is 31.1. The lowest BCUT2D eigenvalue weighted by atomic mass is 10.0. The standard InChI is InChI=1S/C38H51N5O8/c1-24(2)21-29(32(46)50-10)39-30(44)27(22-25-17-13-11-14-18-25)40-33(47)37(6,7)42-31(45)28(23-26-19-15-12-16-20-26)41-34(48)38(8,9)43-35(49)51-36(3,4)5/h11-20,22-24,29H,21H2,1-10H3,(H,39,44)(H,40,47)(H,41,48)(H,42,45)(H,43,49)/b27-22+,28-23-/t29-/m0/s1. The van der Waals surface area contributed by atoms with Crippen LogP contribution in [0.25, 0.3) is 12.2 Å². The van der Waals surface area contributed by atoms with E-state index in [1.54, 1.807) is 81.4 Å². The van der Waals surface area contributed by atoms with Gasteiger partial charge < -0.3 is 36.1 Å². The maximum Gasteiger partial charge on any atom is 0.408 e. The van der Waals surface area contributed by atoms with Gasteiger partial charge in [-0.25, -0.2) is 9.59 Å². The lowest BCUT2D eigenvalue weighted by Crippen LogP contribution is -2.59. The van der Waals surface area contributed by atoms with Crippen molar-refractivity contribution in [3.05, 3.63) is 83.2 Å². The van der Waals surface area contributed by atoms with Crippen molar-refractivity contribution < 1.29 is 38.2 Å². The average Bonchev–Trinajstić information content (AvgIpc) is 3.02. The van der Waals surface area contributed by atoms with Crippen molar-refractivity contribution in [2.24, 2.45) is 5.92 Å². The molecule has 0 aromatic heterocycles. The maximum absolute atomic E-state index is 13.8. The fourth-order valence-corrected chi connectivity index (χ4v) is 4.39. The number of alkyl carbamates (subject to hydrolysis) is 1. The number of ether oxygens (including phenoxy) is 2. The number of carbonyl (C=O) groups is 6. The molecule has 0 bridgehead atoms. The molecule has 0 aliphatic carbocycles. The second-order valence-corrected chi connectivity index (χ2v) is 14.4. The molecule has 2 aromatic carbocycles. The number of rotatable bonds is 14. The Kier molecular flexibility index (Phi) is 14.7. The zero-order valence-electron chi connectivity index (χ0n) is 31.1. The summed E-state index contributed by atoms with van der Waals surface area (Å²) >= 11 is 0. The predicted molar refractivity (Wildman–Crippen MR) is 194 cm³/mol. The summed E-state index contributed by atoms with van der Waals surface area (Å²) in [4.78, 5) is 79.4. The fourth-order valence-electron chi connectivity index (χ4n) is 4.39. The number of carbonyl (C=O) groups excluding carboxylic acids is 6. The molecule has 5 N–H and O–H groups in total. The van der Waals surface area contributed by atoms with Crippen molar-refractivity contribution in [3.63, 3.8) is 0 Å². The normalized spacial score (nSPS) is 13.0. The monoisotopic (exact) mass is 705 g/mol. The second-order valence-electron chi connectivity index (χ2n) is 14.4. The first-order valence-corrected chi connectivity index (χ1v) is 16.5. The minimum Gasteiger partial charge on any atom is -0.467 e. The molecule has 0 saturated heterocycles. The van der Waals surface area contributed by atoms with Crippen LogP contribution in [0.4, 0.5) is 4.79 Å². The van der Waals surface area contributed by atoms with Gasteiger partial charge in [0.25, 0.3) is 11.8 Å². The number of methoxy groups -OCH3 is 1. The fraction of sp³-hybridized carbons (Fsp3) is 0.421. The van der Waals surface area contributed by atoms with Crippen LogP contribution in [0.1, 0.15) is 79.9 Å². The van der Waals surface area contributed by atoms with Crippen LogP contribution in [-0.4, -0.2) is 65.5 Å². The van der Waals surface area contributed by atoms with Crippen LogP contribution in [0.3, 0.4) is 0 Å². The van der Waals surface area contributed by atoms with Crippen LogP contribution in [0.15, 0.2) is 72.1 Å². The van der Waals surface area contributed by atoms with Crippen molar-refractivity contribution in [1.29, 1.82) is 0 Å². The van der Waals surface area contributed by atoms with Gasteiger partial charge in [-0.05, 0) is 84.1 Å². The molecule has 0 aliphatic heterocycles. The molecular formula is C38H51N5O8. The minimum absolute atomic E-state index is 0.0389. The number of amides is 5. The Bertz CT molecular complexity index is 1620. The highest BCUT2D eigenvalue weighted by molar-refractivity contribution is 6.07. The third-order valence-electron chi connectivity index (χ3n) is 7.08. The van der Waals surface area contributed by atoms with E-state index in [2.05, 4.69) is 26.6 Å². The molecule has 5 amide bonds. The summed E-state index contributed by atoms with van der Waals surface area (Å²) in [6.45, 7) is 14.5. The van der Waals surface area contributed by atoms with E-state index in [1.165, 1.54) is 47.0 Å². The predicted octanol–water partition coefficient (Wildman–Crippen LogP) is 4.20. The molecule has 13 heteroatoms. The van der Waals surface area contributed by atoms with E-state index >= 15 is 0 Å². The minimum atomic E-state index is -1.66. The molecule has 0 spiro atoms. The Morgan fingerprint density at radius 3 is 1.51 bits per heavy atom. The Morgan fingerprint density at radius 1 is 0.667 bits per heavy atom. The molecule has 276 valence electrons. The van der Waals surface area contributed by atoms with E-state index in [4.69, 9.17) is 9.47 Å². The van der Waals surface area contributed by atoms with E-state index in [1.807, 2.05) is 13.8 Å². The number of benzene rings is 2. The van der Waals surface area contributed by atoms with Crippen molar-refractivity contribution >= 4 is 47.8 Å². The number of nitrogens with one attached hydrogen (secondary N) is 5. The molecule has 0 heterocycles. The molecule has 2 rings (SSSR count). The number of esters is 1. The van der Waals surface area contributed by atoms with Crippen LogP contribution in [-0.2, 0) is 33.4 Å². The van der Waals surface area contributed by atoms with Crippen LogP contribution in [0.5, 0.6) is 0 Å². The van der Waals surface area contributed by atoms with E-state index in [0.717, 1.165) is 0 Å². The molecule has 13 nitrogen and oxygen atoms in total. The van der Waals surface area contributed by atoms with Gasteiger partial charge in [0.1, 0.15) is 34.1 Å². The van der Waals surface area contributed by atoms with E-state index in [-0.39, 0.29) is 17.3 Å². The van der Waals surface area contributed by atoms with E-state index in [0.29, 0.717) is 17.5 Å². The van der Waals surface area contributed by atoms with Crippen molar-refractivity contribution in [2.75, 3.05) is 7.11 Å². The van der Waals surface area contributed by atoms with Gasteiger partial charge in [0.05, 0.1) is 7.11 Å². The molecule has 0 fully saturated rings. The highest BCUT2D eigenvalue weighted by Crippen LogP contribution is 2.15. The Morgan fingerprint density at radius 2 is 1.10 bits per heavy atom. The van der Waals surface area contributed by atoms with Crippen LogP contribution < -0.4 is 26.6 Å². The van der Waals surface area contributed by atoms with Gasteiger partial charge in [0.2, 0.25) is 11.8 Å². The second kappa shape index (κ2) is 18.0. The SMILES string of the molecule is COC(=O)[C@H](CC(C)C)NC(=O)/C(=C\c1ccccc1)NC(=O)C(C)(C)NC(=O)/C(=C/c1ccccc1)NC(=O)C(C)(C)NC(=O)OC(C)(C)C. The smallest absolute Gasteiger partial charge is 0.408 e. The molecule has 1 atom stereocenters. The first-order valence-electron chi connectivity index (χ1n) is 16.5. The Hall–Kier alpha value is -5.46. The van der Waals surface area contributed by atoms with Gasteiger partial charge >= 0.3 is 12.1 Å². The average molecular weight is 706 g/mol. The quantitative estimate of drug-likeness (QED) is 0.143. The zero-order chi connectivity index (χ0) is 38.6. The van der Waals surface area contributed by atoms with Crippen molar-refractivity contribution in [3.8, 4) is 0 Å². The van der Waals surface area contributed by atoms with Crippen LogP contribution in [0.2, 0.25) is 0 Å². The molecule has 0 aliphatic rings. The van der Waals surface area contributed by atoms with Gasteiger partial charge in [-0.3, -0.25) is 19.2 Å². The largest absolute Gasteiger partial charge is 0.467 e. The Balaban J connectivity index is 2.39. The number of hydrogen-bond donors (Lipinski definition) is 5. The Labute approximate surface area is 300 Å². The summed E-state index contributed by atoms with van der Waals surface area (Å²) < 4.78 is 10.2. The summed E-state index contributed by atoms with van der Waals surface area (Å²) in [5.74, 6) is -3.69. The molecule has 0 radical (unpaired) electrons. The summed E-state index contributed by atoms with van der Waals surface area (Å²) in [7, 11) is 1.22. The summed E-state index contributed by atoms with van der Waals surface area (Å²) in [6, 6.07) is 16.4. The van der Waals surface area contributed by atoms with Crippen molar-refractivity contribution in [1.82, 2.24) is 26.6 Å². The van der Waals surface area contributed by atoms with Gasteiger partial charge in [0.15, 0.2) is 0 Å². The van der Waals surface area contributed by atoms with Crippen molar-refractivity contribution in [2.45, 2.75) is 91.5 Å². The van der Waals surface area contributed by atoms with Crippen LogP contribution >= 0.6 is 0 Å². The highest BCUT2D eigenvalue weighted by atomic mass is 16.6. The molecule has 2 aromatic rings. The lowest BCUT2D eigenvalue weighted by Gasteiger charge is -2.29. The summed E-state index contributed by atoms with van der Waals surface area (Å²) in [5, 5.41) is 12.9. The first kappa shape index (κ1) is 41.7. The van der Waals surface area contributed by atoms with E-state index in [9.17, 15) is 28.8 Å². The van der Waals surface area contributed by atoms with Gasteiger partial charge in [-0.15, -0.1) is 0 Å². The molecule has 51 heavy (non-hydrogen) atoms. The third-order valence-corrected chi connectivity index (χ3v) is 7.08. The summed E-state index contributed by atoms with van der Waals surface area (Å²) in [5.41, 5.74) is -3.25. The van der Waals surface area contributed by atoms with E-state index < -0.39 is 58.4 Å². The lowest BCUT2D eigenvalue weighted by molar-refractivity contribution is -0.145. The third kappa shape index (κ3) is 14.1. The first-order chi connectivity index (χ1) is 23.6. The van der Waals surface area contributed by atoms with Gasteiger partial charge in [-0.2, -0.15) is 0 Å². The van der Waals surface area contributed by atoms with Gasteiger partial charge in [-0.1, -0.05) is 74.5 Å². The van der Waals surface area contributed by atoms with Gasteiger partial charge in [0, 0.05) is 0 Å². The molecule has 0 unspecified atom stereocenters. The highest BCUT2D eigenvalue weighted by Gasteiger charge is 2.36. The number of hydrogen-bond acceptors (Lipinski definition) is 8. The molecule has 0 saturated carbocycles.